The number of amides is 1. The van der Waals surface area contributed by atoms with Gasteiger partial charge < -0.3 is 31.9 Å². The van der Waals surface area contributed by atoms with E-state index in [9.17, 15) is 19.6 Å². The monoisotopic (exact) mass is 815 g/mol. The lowest BCUT2D eigenvalue weighted by atomic mass is 9.87. The van der Waals surface area contributed by atoms with Gasteiger partial charge in [-0.2, -0.15) is 10.4 Å². The van der Waals surface area contributed by atoms with Gasteiger partial charge in [0.1, 0.15) is 30.1 Å². The molecule has 5 rings (SSSR count). The Morgan fingerprint density at radius 3 is 2.21 bits per heavy atom. The first kappa shape index (κ1) is 43.7. The molecule has 4 heterocycles. The van der Waals surface area contributed by atoms with E-state index in [-0.39, 0.29) is 52.6 Å². The number of nitrogens with zero attached hydrogens (tertiary/aromatic N) is 4. The van der Waals surface area contributed by atoms with Crippen molar-refractivity contribution in [3.8, 4) is 6.07 Å². The van der Waals surface area contributed by atoms with Crippen LogP contribution in [0.3, 0.4) is 0 Å². The van der Waals surface area contributed by atoms with Gasteiger partial charge in [0.2, 0.25) is 12.4 Å². The minimum absolute atomic E-state index is 0.0304. The van der Waals surface area contributed by atoms with Crippen LogP contribution in [0.15, 0.2) is 18.5 Å². The largest absolute Gasteiger partial charge is 0.455 e. The number of nitriles is 1. The average Bonchev–Trinajstić information content (AvgIpc) is 3.68. The van der Waals surface area contributed by atoms with Crippen molar-refractivity contribution in [3.05, 3.63) is 24.2 Å². The number of hydrogen-bond acceptors (Lipinski definition) is 13. The van der Waals surface area contributed by atoms with Gasteiger partial charge in [0, 0.05) is 6.42 Å². The van der Waals surface area contributed by atoms with Crippen LogP contribution in [0.25, 0.3) is 5.52 Å². The first-order valence-corrected chi connectivity index (χ1v) is 24.0. The molecule has 2 aromatic heterocycles. The van der Waals surface area contributed by atoms with Gasteiger partial charge in [0.25, 0.3) is 0 Å². The lowest BCUT2D eigenvalue weighted by molar-refractivity contribution is -0.162. The van der Waals surface area contributed by atoms with E-state index in [1.165, 1.54) is 10.8 Å². The summed E-state index contributed by atoms with van der Waals surface area (Å²) in [5.41, 5.74) is -2.05. The van der Waals surface area contributed by atoms with Gasteiger partial charge in [-0.25, -0.2) is 14.3 Å². The molecule has 56 heavy (non-hydrogen) atoms. The second-order valence-electron chi connectivity index (χ2n) is 17.7. The zero-order chi connectivity index (χ0) is 41.2. The van der Waals surface area contributed by atoms with Crippen LogP contribution in [0.4, 0.5) is 10.6 Å². The third kappa shape index (κ3) is 8.56. The molecule has 0 unspecified atom stereocenters. The Hall–Kier alpha value is -3.41. The summed E-state index contributed by atoms with van der Waals surface area (Å²) in [4.78, 5) is 43.2. The number of aromatic nitrogens is 3. The quantitative estimate of drug-likeness (QED) is 0.132. The minimum Gasteiger partial charge on any atom is -0.455 e. The lowest BCUT2D eigenvalue weighted by Gasteiger charge is -2.51. The fourth-order valence-corrected chi connectivity index (χ4v) is 19.5. The normalized spacial score (nSPS) is 25.4. The first-order chi connectivity index (χ1) is 26.3. The summed E-state index contributed by atoms with van der Waals surface area (Å²) in [7, 11) is -6.22. The topological polar surface area (TPSA) is 182 Å². The molecule has 1 amide bonds. The summed E-state index contributed by atoms with van der Waals surface area (Å²) in [6.07, 6.45) is 2.70. The Morgan fingerprint density at radius 2 is 1.62 bits per heavy atom. The number of carbonyl (C=O) groups is 3. The van der Waals surface area contributed by atoms with Crippen LogP contribution >= 0.6 is 0 Å². The van der Waals surface area contributed by atoms with Crippen molar-refractivity contribution in [3.63, 3.8) is 0 Å². The molecule has 0 aromatic carbocycles. The van der Waals surface area contributed by atoms with Crippen LogP contribution in [0.5, 0.6) is 0 Å². The van der Waals surface area contributed by atoms with Gasteiger partial charge in [-0.3, -0.25) is 14.9 Å². The molecule has 0 spiro atoms. The van der Waals surface area contributed by atoms with Gasteiger partial charge in [-0.15, -0.1) is 0 Å². The van der Waals surface area contributed by atoms with E-state index in [1.54, 1.807) is 32.9 Å². The fourth-order valence-electron chi connectivity index (χ4n) is 8.32. The Labute approximate surface area is 332 Å². The second kappa shape index (κ2) is 17.2. The smallest absolute Gasteiger partial charge is 0.415 e. The molecule has 1 N–H and O–H groups in total. The van der Waals surface area contributed by atoms with E-state index in [2.05, 4.69) is 76.9 Å². The Kier molecular flexibility index (Phi) is 13.4. The third-order valence-electron chi connectivity index (χ3n) is 11.4. The van der Waals surface area contributed by atoms with E-state index in [0.717, 1.165) is 32.1 Å². The highest BCUT2D eigenvalue weighted by Crippen LogP contribution is 2.51. The van der Waals surface area contributed by atoms with Crippen molar-refractivity contribution in [1.29, 1.82) is 5.26 Å². The highest BCUT2D eigenvalue weighted by molar-refractivity contribution is 6.84. The molecule has 17 heteroatoms. The predicted molar refractivity (Wildman–Crippen MR) is 211 cm³/mol. The molecule has 3 aliphatic rings. The SMILES string of the molecule is CC(C)[Si]1(C(C)C)OC[C@H]2O[C@@](C#N)(c3ccc4c(NC(=O)OCOC(=O)C(C)(C)C)ncnn34)[C@H](OC(=O)CC3CCCCC3)[C@@H]2O[Si](C(C)C)(C(C)C)O1. The summed E-state index contributed by atoms with van der Waals surface area (Å²) < 4.78 is 46.7. The molecule has 1 saturated carbocycles. The Balaban J connectivity index is 1.57. The van der Waals surface area contributed by atoms with Gasteiger partial charge in [-0.05, 0) is 73.8 Å². The van der Waals surface area contributed by atoms with Gasteiger partial charge in [-0.1, -0.05) is 74.7 Å². The molecule has 3 fully saturated rings. The molecule has 0 bridgehead atoms. The average molecular weight is 816 g/mol. The maximum atomic E-state index is 14.0. The predicted octanol–water partition coefficient (Wildman–Crippen LogP) is 7.78. The molecule has 2 aliphatic heterocycles. The Morgan fingerprint density at radius 1 is 0.982 bits per heavy atom. The van der Waals surface area contributed by atoms with Crippen molar-refractivity contribution in [2.24, 2.45) is 11.3 Å². The number of rotatable bonds is 11. The molecule has 2 aromatic rings. The highest BCUT2D eigenvalue weighted by atomic mass is 28.5. The molecule has 4 atom stereocenters. The van der Waals surface area contributed by atoms with Crippen molar-refractivity contribution >= 4 is 46.5 Å². The van der Waals surface area contributed by atoms with Gasteiger partial charge in [0.15, 0.2) is 11.9 Å². The van der Waals surface area contributed by atoms with Crippen LogP contribution < -0.4 is 5.32 Å². The van der Waals surface area contributed by atoms with Crippen molar-refractivity contribution in [2.75, 3.05) is 18.7 Å². The summed E-state index contributed by atoms with van der Waals surface area (Å²) in [6.45, 7) is 21.4. The number of nitrogens with one attached hydrogen (secondary N) is 1. The molecule has 15 nitrogen and oxygen atoms in total. The van der Waals surface area contributed by atoms with Crippen LogP contribution in [0.1, 0.15) is 120 Å². The van der Waals surface area contributed by atoms with Crippen molar-refractivity contribution in [2.45, 2.75) is 161 Å². The number of fused-ring (bicyclic) bond motifs is 2. The summed E-state index contributed by atoms with van der Waals surface area (Å²) in [5.74, 6) is -0.716. The van der Waals surface area contributed by atoms with E-state index < -0.39 is 71.3 Å². The van der Waals surface area contributed by atoms with Crippen LogP contribution in [-0.2, 0) is 47.1 Å². The zero-order valence-corrected chi connectivity index (χ0v) is 36.9. The molecule has 0 radical (unpaired) electrons. The lowest BCUT2D eigenvalue weighted by Crippen LogP contribution is -2.66. The van der Waals surface area contributed by atoms with Gasteiger partial charge >= 0.3 is 35.2 Å². The fraction of sp³-hybridized carbons (Fsp3) is 0.744. The van der Waals surface area contributed by atoms with E-state index >= 15 is 0 Å². The molecule has 1 aliphatic carbocycles. The standard InChI is InChI=1S/C39H61N5O10Si2/c1-24(2)55(25(3)4)50-20-30-33(53-56(54-55,26(5)6)27(7)8)34(51-32(45)19-28-15-13-12-14-16-28)39(21-40,52-30)31-18-17-29-35(41-22-42-44(29)31)43-37(47)49-23-48-36(46)38(9,10)11/h17-18,22,24-28,30,33-34H,12-16,19-20,23H2,1-11H3,(H,41,42,43,47)/t30-,33-,34-,39+/m1/s1. The van der Waals surface area contributed by atoms with Crippen molar-refractivity contribution in [1.82, 2.24) is 14.6 Å². The zero-order valence-electron chi connectivity index (χ0n) is 34.9. The molecule has 2 saturated heterocycles. The van der Waals surface area contributed by atoms with Crippen LogP contribution in [-0.4, -0.2) is 81.5 Å². The molecular formula is C39H61N5O10Si2. The molecule has 310 valence electrons. The summed E-state index contributed by atoms with van der Waals surface area (Å²) in [5, 5.41) is 18.4. The van der Waals surface area contributed by atoms with Crippen molar-refractivity contribution < 1.29 is 46.3 Å². The number of anilines is 1. The highest BCUT2D eigenvalue weighted by Gasteiger charge is 2.67. The maximum Gasteiger partial charge on any atom is 0.415 e. The maximum absolute atomic E-state index is 14.0. The molecular weight excluding hydrogens is 755 g/mol. The minimum atomic E-state index is -3.24. The van der Waals surface area contributed by atoms with Gasteiger partial charge in [0.05, 0.1) is 17.7 Å². The number of hydrogen-bond donors (Lipinski definition) is 1. The number of esters is 2. The summed E-state index contributed by atoms with van der Waals surface area (Å²) >= 11 is 0. The van der Waals surface area contributed by atoms with E-state index in [1.807, 2.05) is 0 Å². The number of ether oxygens (including phenoxy) is 4. The van der Waals surface area contributed by atoms with E-state index in [0.29, 0.717) is 5.52 Å². The van der Waals surface area contributed by atoms with Crippen LogP contribution in [0.2, 0.25) is 22.2 Å². The van der Waals surface area contributed by atoms with E-state index in [4.69, 9.17) is 31.9 Å². The Bertz CT molecular complexity index is 1750. The third-order valence-corrected chi connectivity index (χ3v) is 21.6. The first-order valence-electron chi connectivity index (χ1n) is 20.1. The number of carbonyl (C=O) groups excluding carboxylic acids is 3. The summed E-state index contributed by atoms with van der Waals surface area (Å²) in [6, 6.07) is 5.67. The van der Waals surface area contributed by atoms with Crippen LogP contribution in [0, 0.1) is 22.7 Å². The second-order valence-corrected chi connectivity index (χ2v) is 26.5.